The van der Waals surface area contributed by atoms with Gasteiger partial charge in [0.25, 0.3) is 0 Å². The standard InChI is InChI=1S/C16H22Cl2/c17-12-15(14-7-3-1-2-4-8-14)10-13-6-5-9-16(18)11-13/h5-6,9,11,14-15H,1-4,7-8,10,12H2. The van der Waals surface area contributed by atoms with Crippen molar-refractivity contribution in [2.45, 2.75) is 44.9 Å². The van der Waals surface area contributed by atoms with E-state index in [4.69, 9.17) is 23.2 Å². The second-order valence-corrected chi connectivity index (χ2v) is 6.25. The van der Waals surface area contributed by atoms with Crippen LogP contribution in [0.1, 0.15) is 44.1 Å². The molecule has 1 saturated carbocycles. The minimum absolute atomic E-state index is 0.614. The summed E-state index contributed by atoms with van der Waals surface area (Å²) in [5.74, 6) is 2.20. The smallest absolute Gasteiger partial charge is 0.0408 e. The van der Waals surface area contributed by atoms with Crippen LogP contribution in [0.4, 0.5) is 0 Å². The lowest BCUT2D eigenvalue weighted by molar-refractivity contribution is 0.321. The molecule has 0 bridgehead atoms. The van der Waals surface area contributed by atoms with Crippen LogP contribution in [0, 0.1) is 11.8 Å². The minimum atomic E-state index is 0.614. The van der Waals surface area contributed by atoms with Gasteiger partial charge in [-0.2, -0.15) is 0 Å². The Bertz CT molecular complexity index is 354. The second-order valence-electron chi connectivity index (χ2n) is 5.50. The molecule has 0 saturated heterocycles. The molecule has 0 aliphatic heterocycles. The van der Waals surface area contributed by atoms with Crippen LogP contribution >= 0.6 is 23.2 Å². The number of benzene rings is 1. The first-order valence-corrected chi connectivity index (χ1v) is 8.01. The van der Waals surface area contributed by atoms with Crippen molar-refractivity contribution in [3.63, 3.8) is 0 Å². The van der Waals surface area contributed by atoms with E-state index >= 15 is 0 Å². The Hall–Kier alpha value is -0.200. The van der Waals surface area contributed by atoms with Gasteiger partial charge in [0.2, 0.25) is 0 Å². The van der Waals surface area contributed by atoms with Gasteiger partial charge in [-0.3, -0.25) is 0 Å². The van der Waals surface area contributed by atoms with Crippen molar-refractivity contribution in [3.8, 4) is 0 Å². The van der Waals surface area contributed by atoms with Gasteiger partial charge in [0, 0.05) is 10.9 Å². The molecule has 0 N–H and O–H groups in total. The maximum Gasteiger partial charge on any atom is 0.0408 e. The van der Waals surface area contributed by atoms with Crippen molar-refractivity contribution in [3.05, 3.63) is 34.9 Å². The van der Waals surface area contributed by atoms with Crippen LogP contribution in [0.15, 0.2) is 24.3 Å². The molecule has 1 unspecified atom stereocenters. The molecule has 0 amide bonds. The molecule has 0 radical (unpaired) electrons. The van der Waals surface area contributed by atoms with Gasteiger partial charge in [0.15, 0.2) is 0 Å². The van der Waals surface area contributed by atoms with E-state index in [1.165, 1.54) is 44.1 Å². The van der Waals surface area contributed by atoms with Gasteiger partial charge in [-0.15, -0.1) is 11.6 Å². The molecular weight excluding hydrogens is 263 g/mol. The van der Waals surface area contributed by atoms with Gasteiger partial charge in [0.05, 0.1) is 0 Å². The minimum Gasteiger partial charge on any atom is -0.126 e. The zero-order valence-corrected chi connectivity index (χ0v) is 12.4. The summed E-state index contributed by atoms with van der Waals surface area (Å²) in [4.78, 5) is 0. The third-order valence-electron chi connectivity index (χ3n) is 4.15. The molecule has 100 valence electrons. The maximum atomic E-state index is 6.21. The zero-order valence-electron chi connectivity index (χ0n) is 10.9. The molecule has 1 aliphatic rings. The largest absolute Gasteiger partial charge is 0.126 e. The summed E-state index contributed by atoms with van der Waals surface area (Å²) in [6.45, 7) is 0. The topological polar surface area (TPSA) is 0 Å². The summed E-state index contributed by atoms with van der Waals surface area (Å²) in [7, 11) is 0. The Morgan fingerprint density at radius 1 is 1.11 bits per heavy atom. The van der Waals surface area contributed by atoms with E-state index in [0.717, 1.165) is 23.2 Å². The van der Waals surface area contributed by atoms with E-state index in [1.54, 1.807) is 0 Å². The van der Waals surface area contributed by atoms with E-state index in [2.05, 4.69) is 12.1 Å². The van der Waals surface area contributed by atoms with Crippen molar-refractivity contribution in [2.75, 3.05) is 5.88 Å². The normalized spacial score (nSPS) is 19.4. The Morgan fingerprint density at radius 2 is 1.83 bits per heavy atom. The van der Waals surface area contributed by atoms with Crippen LogP contribution in [0.5, 0.6) is 0 Å². The van der Waals surface area contributed by atoms with E-state index in [-0.39, 0.29) is 0 Å². The Labute approximate surface area is 121 Å². The first-order valence-electron chi connectivity index (χ1n) is 7.10. The molecule has 0 spiro atoms. The third-order valence-corrected chi connectivity index (χ3v) is 4.78. The molecule has 0 aromatic heterocycles. The number of alkyl halides is 1. The zero-order chi connectivity index (χ0) is 12.8. The molecule has 1 atom stereocenters. The van der Waals surface area contributed by atoms with Crippen molar-refractivity contribution in [1.29, 1.82) is 0 Å². The average Bonchev–Trinajstić information content (AvgIpc) is 2.65. The third kappa shape index (κ3) is 4.17. The highest BCUT2D eigenvalue weighted by atomic mass is 35.5. The molecular formula is C16H22Cl2. The monoisotopic (exact) mass is 284 g/mol. The lowest BCUT2D eigenvalue weighted by atomic mass is 9.83. The number of halogens is 2. The summed E-state index contributed by atoms with van der Waals surface area (Å²) >= 11 is 12.3. The Morgan fingerprint density at radius 3 is 2.44 bits per heavy atom. The van der Waals surface area contributed by atoms with E-state index in [1.807, 2.05) is 12.1 Å². The van der Waals surface area contributed by atoms with Crippen LogP contribution < -0.4 is 0 Å². The van der Waals surface area contributed by atoms with Crippen molar-refractivity contribution in [1.82, 2.24) is 0 Å². The number of hydrogen-bond donors (Lipinski definition) is 0. The van der Waals surface area contributed by atoms with E-state index < -0.39 is 0 Å². The lowest BCUT2D eigenvalue weighted by Crippen LogP contribution is -2.18. The summed E-state index contributed by atoms with van der Waals surface area (Å²) in [5.41, 5.74) is 1.33. The van der Waals surface area contributed by atoms with Crippen molar-refractivity contribution >= 4 is 23.2 Å². The molecule has 1 aromatic carbocycles. The maximum absolute atomic E-state index is 6.21. The van der Waals surface area contributed by atoms with E-state index in [9.17, 15) is 0 Å². The van der Waals surface area contributed by atoms with Gasteiger partial charge in [-0.05, 0) is 36.0 Å². The quantitative estimate of drug-likeness (QED) is 0.491. The number of rotatable bonds is 4. The van der Waals surface area contributed by atoms with Gasteiger partial charge in [-0.1, -0.05) is 62.3 Å². The van der Waals surface area contributed by atoms with Gasteiger partial charge in [-0.25, -0.2) is 0 Å². The van der Waals surface area contributed by atoms with Crippen LogP contribution in [-0.4, -0.2) is 5.88 Å². The Balaban J connectivity index is 1.99. The molecule has 0 nitrogen and oxygen atoms in total. The average molecular weight is 285 g/mol. The predicted molar refractivity (Wildman–Crippen MR) is 80.6 cm³/mol. The first kappa shape index (κ1) is 14.2. The summed E-state index contributed by atoms with van der Waals surface area (Å²) in [5, 5.41) is 0.835. The van der Waals surface area contributed by atoms with Gasteiger partial charge < -0.3 is 0 Å². The molecule has 1 fully saturated rings. The lowest BCUT2D eigenvalue weighted by Gasteiger charge is -2.24. The van der Waals surface area contributed by atoms with Crippen molar-refractivity contribution < 1.29 is 0 Å². The highest BCUT2D eigenvalue weighted by Crippen LogP contribution is 2.32. The fourth-order valence-corrected chi connectivity index (χ4v) is 3.67. The fraction of sp³-hybridized carbons (Fsp3) is 0.625. The van der Waals surface area contributed by atoms with Crippen LogP contribution in [0.2, 0.25) is 5.02 Å². The van der Waals surface area contributed by atoms with E-state index in [0.29, 0.717) is 5.92 Å². The van der Waals surface area contributed by atoms with Crippen LogP contribution in [0.3, 0.4) is 0 Å². The Kier molecular flexibility index (Phi) is 5.85. The highest BCUT2D eigenvalue weighted by Gasteiger charge is 2.22. The summed E-state index contributed by atoms with van der Waals surface area (Å²) in [6, 6.07) is 8.22. The molecule has 1 aliphatic carbocycles. The first-order chi connectivity index (χ1) is 8.79. The molecule has 0 heterocycles. The summed E-state index contributed by atoms with van der Waals surface area (Å²) < 4.78 is 0. The predicted octanol–water partition coefficient (Wildman–Crippen LogP) is 5.71. The van der Waals surface area contributed by atoms with Crippen LogP contribution in [-0.2, 0) is 6.42 Å². The molecule has 2 rings (SSSR count). The number of hydrogen-bond acceptors (Lipinski definition) is 0. The molecule has 1 aromatic rings. The fourth-order valence-electron chi connectivity index (χ4n) is 3.10. The SMILES string of the molecule is ClCC(Cc1cccc(Cl)c1)C1CCCCCC1. The summed E-state index contributed by atoms with van der Waals surface area (Å²) in [6.07, 6.45) is 9.37. The molecule has 2 heteroatoms. The second kappa shape index (κ2) is 7.40. The highest BCUT2D eigenvalue weighted by molar-refractivity contribution is 6.30. The van der Waals surface area contributed by atoms with Gasteiger partial charge in [0.1, 0.15) is 0 Å². The van der Waals surface area contributed by atoms with Crippen molar-refractivity contribution in [2.24, 2.45) is 11.8 Å². The van der Waals surface area contributed by atoms with Crippen LogP contribution in [0.25, 0.3) is 0 Å². The molecule has 18 heavy (non-hydrogen) atoms. The van der Waals surface area contributed by atoms with Gasteiger partial charge >= 0.3 is 0 Å².